The van der Waals surface area contributed by atoms with Gasteiger partial charge >= 0.3 is 0 Å². The lowest BCUT2D eigenvalue weighted by Crippen LogP contribution is -1.93. The second kappa shape index (κ2) is 6.03. The average Bonchev–Trinajstić information content (AvgIpc) is 2.26. The zero-order chi connectivity index (χ0) is 11.1. The summed E-state index contributed by atoms with van der Waals surface area (Å²) < 4.78 is 0. The fourth-order valence-electron chi connectivity index (χ4n) is 0.832. The van der Waals surface area contributed by atoms with E-state index in [4.69, 9.17) is 21.6 Å². The molecular formula is C10H11ClN2O2. The van der Waals surface area contributed by atoms with Gasteiger partial charge in [-0.15, -0.1) is 0 Å². The van der Waals surface area contributed by atoms with Gasteiger partial charge in [0.1, 0.15) is 6.61 Å². The van der Waals surface area contributed by atoms with Gasteiger partial charge in [-0.25, -0.2) is 0 Å². The summed E-state index contributed by atoms with van der Waals surface area (Å²) in [5.41, 5.74) is 1.35. The molecule has 0 spiro atoms. The maximum atomic E-state index is 8.31. The fourth-order valence-corrected chi connectivity index (χ4v) is 0.958. The fraction of sp³-hybridized carbons (Fsp3) is 0.200. The normalized spacial score (nSPS) is 12.0. The van der Waals surface area contributed by atoms with Crippen LogP contribution in [0.4, 0.5) is 0 Å². The van der Waals surface area contributed by atoms with Crippen LogP contribution in [0.2, 0.25) is 5.02 Å². The van der Waals surface area contributed by atoms with Crippen molar-refractivity contribution < 1.29 is 10.0 Å². The van der Waals surface area contributed by atoms with Gasteiger partial charge in [-0.05, 0) is 24.6 Å². The van der Waals surface area contributed by atoms with Gasteiger partial charge in [-0.1, -0.05) is 34.0 Å². The molecule has 1 rings (SSSR count). The van der Waals surface area contributed by atoms with Crippen LogP contribution in [0.3, 0.4) is 0 Å². The van der Waals surface area contributed by atoms with Gasteiger partial charge in [-0.2, -0.15) is 0 Å². The largest absolute Gasteiger partial charge is 0.411 e. The van der Waals surface area contributed by atoms with Crippen molar-refractivity contribution in [3.63, 3.8) is 0 Å². The predicted octanol–water partition coefficient (Wildman–Crippen LogP) is 2.69. The van der Waals surface area contributed by atoms with E-state index in [1.807, 2.05) is 12.1 Å². The zero-order valence-electron chi connectivity index (χ0n) is 8.22. The van der Waals surface area contributed by atoms with Gasteiger partial charge in [0.15, 0.2) is 0 Å². The lowest BCUT2D eigenvalue weighted by Gasteiger charge is -1.99. The second-order valence-corrected chi connectivity index (χ2v) is 3.31. The predicted molar refractivity (Wildman–Crippen MR) is 59.6 cm³/mol. The molecule has 1 aromatic carbocycles. The summed E-state index contributed by atoms with van der Waals surface area (Å²) in [6.07, 6.45) is 1.33. The first-order valence-electron chi connectivity index (χ1n) is 4.31. The summed E-state index contributed by atoms with van der Waals surface area (Å²) in [6, 6.07) is 7.27. The number of halogens is 1. The summed E-state index contributed by atoms with van der Waals surface area (Å²) in [7, 11) is 0. The first-order chi connectivity index (χ1) is 7.22. The van der Waals surface area contributed by atoms with Crippen molar-refractivity contribution in [2.75, 3.05) is 0 Å². The van der Waals surface area contributed by atoms with E-state index in [9.17, 15) is 0 Å². The highest BCUT2D eigenvalue weighted by Gasteiger charge is 1.92. The Bertz CT molecular complexity index is 360. The molecule has 0 aromatic heterocycles. The van der Waals surface area contributed by atoms with Crippen molar-refractivity contribution in [2.45, 2.75) is 13.5 Å². The Hall–Kier alpha value is -1.55. The van der Waals surface area contributed by atoms with Crippen LogP contribution in [0.1, 0.15) is 12.5 Å². The Labute approximate surface area is 92.8 Å². The zero-order valence-corrected chi connectivity index (χ0v) is 8.98. The number of hydrogen-bond acceptors (Lipinski definition) is 4. The molecule has 0 radical (unpaired) electrons. The Morgan fingerprint density at radius 1 is 1.47 bits per heavy atom. The smallest absolute Gasteiger partial charge is 0.142 e. The van der Waals surface area contributed by atoms with Crippen molar-refractivity contribution in [1.29, 1.82) is 0 Å². The molecule has 0 aliphatic carbocycles. The molecule has 0 bridgehead atoms. The van der Waals surface area contributed by atoms with Gasteiger partial charge in [-0.3, -0.25) is 0 Å². The number of oxime groups is 2. The molecular weight excluding hydrogens is 216 g/mol. The van der Waals surface area contributed by atoms with Crippen LogP contribution in [-0.2, 0) is 11.4 Å². The van der Waals surface area contributed by atoms with E-state index in [0.717, 1.165) is 5.56 Å². The third-order valence-electron chi connectivity index (χ3n) is 1.62. The molecule has 0 saturated heterocycles. The van der Waals surface area contributed by atoms with Gasteiger partial charge in [0.25, 0.3) is 0 Å². The number of rotatable bonds is 4. The van der Waals surface area contributed by atoms with Gasteiger partial charge in [0, 0.05) is 5.02 Å². The van der Waals surface area contributed by atoms with E-state index >= 15 is 0 Å². The van der Waals surface area contributed by atoms with Gasteiger partial charge in [0.05, 0.1) is 11.9 Å². The maximum Gasteiger partial charge on any atom is 0.142 e. The van der Waals surface area contributed by atoms with Gasteiger partial charge < -0.3 is 10.0 Å². The highest BCUT2D eigenvalue weighted by atomic mass is 35.5. The van der Waals surface area contributed by atoms with Crippen LogP contribution in [0.15, 0.2) is 34.6 Å². The lowest BCUT2D eigenvalue weighted by atomic mass is 10.2. The molecule has 0 fully saturated rings. The van der Waals surface area contributed by atoms with Crippen molar-refractivity contribution in [3.8, 4) is 0 Å². The minimum Gasteiger partial charge on any atom is -0.411 e. The molecule has 5 heteroatoms. The Morgan fingerprint density at radius 2 is 2.13 bits per heavy atom. The van der Waals surface area contributed by atoms with Crippen LogP contribution in [-0.4, -0.2) is 17.1 Å². The van der Waals surface area contributed by atoms with Crippen LogP contribution >= 0.6 is 11.6 Å². The molecule has 1 aromatic rings. The second-order valence-electron chi connectivity index (χ2n) is 2.88. The lowest BCUT2D eigenvalue weighted by molar-refractivity contribution is 0.132. The molecule has 4 nitrogen and oxygen atoms in total. The number of hydrogen-bond donors (Lipinski definition) is 1. The summed E-state index contributed by atoms with van der Waals surface area (Å²) in [4.78, 5) is 4.97. The SMILES string of the molecule is CC(/C=N/OCc1ccc(Cl)cc1)=N\O. The Kier molecular flexibility index (Phi) is 4.63. The quantitative estimate of drug-likeness (QED) is 0.488. The molecule has 1 N–H and O–H groups in total. The summed E-state index contributed by atoms with van der Waals surface area (Å²) in [5.74, 6) is 0. The van der Waals surface area contributed by atoms with Crippen LogP contribution in [0, 0.1) is 0 Å². The van der Waals surface area contributed by atoms with Crippen molar-refractivity contribution in [2.24, 2.45) is 10.3 Å². The molecule has 0 aliphatic heterocycles. The summed E-state index contributed by atoms with van der Waals surface area (Å²) in [6.45, 7) is 1.96. The first-order valence-corrected chi connectivity index (χ1v) is 4.68. The Balaban J connectivity index is 2.38. The molecule has 15 heavy (non-hydrogen) atoms. The van der Waals surface area contributed by atoms with E-state index in [2.05, 4.69) is 10.3 Å². The number of benzene rings is 1. The molecule has 0 unspecified atom stereocenters. The third-order valence-corrected chi connectivity index (χ3v) is 1.87. The van der Waals surface area contributed by atoms with E-state index < -0.39 is 0 Å². The average molecular weight is 227 g/mol. The van der Waals surface area contributed by atoms with Crippen LogP contribution in [0.25, 0.3) is 0 Å². The molecule has 0 saturated carbocycles. The Morgan fingerprint density at radius 3 is 2.73 bits per heavy atom. The summed E-state index contributed by atoms with van der Waals surface area (Å²) in [5, 5.41) is 15.5. The van der Waals surface area contributed by atoms with Crippen LogP contribution in [0.5, 0.6) is 0 Å². The van der Waals surface area contributed by atoms with Crippen molar-refractivity contribution >= 4 is 23.5 Å². The monoisotopic (exact) mass is 226 g/mol. The highest BCUT2D eigenvalue weighted by molar-refractivity contribution is 6.30. The van der Waals surface area contributed by atoms with E-state index in [1.165, 1.54) is 6.21 Å². The van der Waals surface area contributed by atoms with E-state index in [1.54, 1.807) is 19.1 Å². The standard InChI is InChI=1S/C10H11ClN2O2/c1-8(13-14)6-12-15-7-9-2-4-10(11)5-3-9/h2-6,14H,7H2,1H3/b12-6+,13-8+. The van der Waals surface area contributed by atoms with E-state index in [0.29, 0.717) is 17.3 Å². The molecule has 0 atom stereocenters. The molecule has 80 valence electrons. The number of nitrogens with zero attached hydrogens (tertiary/aromatic N) is 2. The minimum absolute atomic E-state index is 0.354. The molecule has 0 heterocycles. The maximum absolute atomic E-state index is 8.31. The van der Waals surface area contributed by atoms with Crippen molar-refractivity contribution in [3.05, 3.63) is 34.9 Å². The van der Waals surface area contributed by atoms with Crippen LogP contribution < -0.4 is 0 Å². The van der Waals surface area contributed by atoms with Crippen molar-refractivity contribution in [1.82, 2.24) is 0 Å². The highest BCUT2D eigenvalue weighted by Crippen LogP contribution is 2.10. The minimum atomic E-state index is 0.354. The topological polar surface area (TPSA) is 54.2 Å². The van der Waals surface area contributed by atoms with Gasteiger partial charge in [0.2, 0.25) is 0 Å². The molecule has 0 amide bonds. The summed E-state index contributed by atoms with van der Waals surface area (Å²) >= 11 is 5.72. The van der Waals surface area contributed by atoms with E-state index in [-0.39, 0.29) is 0 Å². The first kappa shape index (κ1) is 11.5. The third kappa shape index (κ3) is 4.46. The molecule has 0 aliphatic rings.